The van der Waals surface area contributed by atoms with Crippen molar-refractivity contribution >= 4 is 40.5 Å². The molecular weight excluding hydrogens is 493 g/mol. The molecule has 2 N–H and O–H groups in total. The number of carbonyl (C=O) groups is 3. The number of halogens is 2. The number of aromatic nitrogens is 1. The fourth-order valence-electron chi connectivity index (χ4n) is 4.42. The van der Waals surface area contributed by atoms with Crippen molar-refractivity contribution in [3.63, 3.8) is 0 Å². The number of nitrogens with one attached hydrogen (secondary N) is 2. The molecule has 0 radical (unpaired) electrons. The van der Waals surface area contributed by atoms with Crippen molar-refractivity contribution in [2.24, 2.45) is 0 Å². The van der Waals surface area contributed by atoms with Gasteiger partial charge in [-0.25, -0.2) is 9.18 Å². The number of fused-ring (bicyclic) bond motifs is 1. The number of aromatic amines is 1. The van der Waals surface area contributed by atoms with Gasteiger partial charge < -0.3 is 29.4 Å². The Morgan fingerprint density at radius 1 is 1.31 bits per heavy atom. The molecule has 0 aliphatic carbocycles. The highest BCUT2D eigenvalue weighted by molar-refractivity contribution is 6.31. The lowest BCUT2D eigenvalue weighted by molar-refractivity contribution is -0.150. The molecule has 0 bridgehead atoms. The van der Waals surface area contributed by atoms with Crippen LogP contribution in [-0.4, -0.2) is 71.4 Å². The zero-order valence-corrected chi connectivity index (χ0v) is 22.1. The first-order chi connectivity index (χ1) is 16.8. The minimum Gasteiger partial charge on any atom is -0.460 e. The highest BCUT2D eigenvalue weighted by atomic mass is 35.5. The van der Waals surface area contributed by atoms with Gasteiger partial charge in [0.1, 0.15) is 28.7 Å². The second-order valence-corrected chi connectivity index (χ2v) is 10.3. The van der Waals surface area contributed by atoms with E-state index in [1.807, 2.05) is 0 Å². The minimum absolute atomic E-state index is 0.245. The Balaban J connectivity index is 1.93. The molecule has 36 heavy (non-hydrogen) atoms. The molecule has 1 aliphatic heterocycles. The van der Waals surface area contributed by atoms with E-state index >= 15 is 0 Å². The van der Waals surface area contributed by atoms with Crippen LogP contribution in [0.1, 0.15) is 46.6 Å². The second-order valence-electron chi connectivity index (χ2n) is 9.91. The average molecular weight is 526 g/mol. The minimum atomic E-state index is -1.05. The largest absolute Gasteiger partial charge is 0.460 e. The van der Waals surface area contributed by atoms with Crippen LogP contribution in [0.25, 0.3) is 10.9 Å². The zero-order chi connectivity index (χ0) is 26.8. The summed E-state index contributed by atoms with van der Waals surface area (Å²) in [7, 11) is 1.44. The number of amides is 2. The highest BCUT2D eigenvalue weighted by Gasteiger charge is 2.43. The first kappa shape index (κ1) is 27.7. The molecule has 1 aromatic heterocycles. The third kappa shape index (κ3) is 6.47. The second kappa shape index (κ2) is 11.0. The number of nitrogens with zero attached hydrogens (tertiary/aromatic N) is 1. The molecule has 3 rings (SSSR count). The van der Waals surface area contributed by atoms with E-state index in [9.17, 15) is 18.8 Å². The van der Waals surface area contributed by atoms with Crippen molar-refractivity contribution in [2.75, 3.05) is 13.7 Å². The van der Waals surface area contributed by atoms with Gasteiger partial charge >= 0.3 is 12.1 Å². The lowest BCUT2D eigenvalue weighted by Gasteiger charge is -2.33. The summed E-state index contributed by atoms with van der Waals surface area (Å²) in [5.41, 5.74) is 0.438. The number of benzene rings is 1. The van der Waals surface area contributed by atoms with Crippen molar-refractivity contribution in [3.05, 3.63) is 34.7 Å². The molecule has 0 spiro atoms. The van der Waals surface area contributed by atoms with Crippen molar-refractivity contribution in [1.82, 2.24) is 15.2 Å². The highest BCUT2D eigenvalue weighted by Crippen LogP contribution is 2.33. The molecule has 1 aromatic carbocycles. The number of hydrogen-bond acceptors (Lipinski definition) is 6. The number of ether oxygens (including phenoxy) is 3. The predicted molar refractivity (Wildman–Crippen MR) is 132 cm³/mol. The van der Waals surface area contributed by atoms with Crippen LogP contribution in [0, 0.1) is 5.82 Å². The molecular formula is C25H33ClFN3O6. The summed E-state index contributed by atoms with van der Waals surface area (Å²) in [6.45, 7) is 8.43. The van der Waals surface area contributed by atoms with E-state index in [0.29, 0.717) is 34.6 Å². The van der Waals surface area contributed by atoms with Gasteiger partial charge in [0.2, 0.25) is 5.91 Å². The summed E-state index contributed by atoms with van der Waals surface area (Å²) in [5.74, 6) is -1.29. The lowest BCUT2D eigenvalue weighted by atomic mass is 10.00. The van der Waals surface area contributed by atoms with Crippen LogP contribution < -0.4 is 5.32 Å². The third-order valence-electron chi connectivity index (χ3n) is 6.09. The quantitative estimate of drug-likeness (QED) is 0.529. The topological polar surface area (TPSA) is 110 Å². The van der Waals surface area contributed by atoms with Crippen LogP contribution in [0.2, 0.25) is 5.15 Å². The maximum Gasteiger partial charge on any atom is 0.408 e. The Morgan fingerprint density at radius 3 is 2.61 bits per heavy atom. The number of rotatable bonds is 7. The molecule has 2 aromatic rings. The van der Waals surface area contributed by atoms with Crippen molar-refractivity contribution < 1.29 is 33.0 Å². The lowest BCUT2D eigenvalue weighted by Crippen LogP contribution is -2.57. The first-order valence-electron chi connectivity index (χ1n) is 11.8. The molecule has 2 amide bonds. The number of H-pyrrole nitrogens is 1. The standard InChI is InChI=1S/C25H33ClFN3O6/c1-13(34-6)21(29-24(33)36-25(3,4)5)23(32)30-10-9-20(35-14(2)31)19(30)12-17-16-8-7-15(27)11-18(16)28-22(17)26/h7-8,11,13,19-21,28H,9-10,12H2,1-6H3,(H,29,33)/t13-,19-,20+,21+/m1/s1. The van der Waals surface area contributed by atoms with Gasteiger partial charge in [-0.1, -0.05) is 11.6 Å². The van der Waals surface area contributed by atoms with Crippen LogP contribution in [0.5, 0.6) is 0 Å². The fourth-order valence-corrected chi connectivity index (χ4v) is 4.70. The number of alkyl carbamates (subject to hydrolysis) is 1. The van der Waals surface area contributed by atoms with Crippen LogP contribution in [-0.2, 0) is 30.2 Å². The van der Waals surface area contributed by atoms with Gasteiger partial charge in [0.15, 0.2) is 0 Å². The number of esters is 1. The molecule has 1 saturated heterocycles. The van der Waals surface area contributed by atoms with Gasteiger partial charge in [0.25, 0.3) is 0 Å². The summed E-state index contributed by atoms with van der Waals surface area (Å²) in [6.07, 6.45) is -1.36. The maximum absolute atomic E-state index is 13.8. The normalized spacial score (nSPS) is 19.7. The number of methoxy groups -OCH3 is 1. The fraction of sp³-hybridized carbons (Fsp3) is 0.560. The molecule has 11 heteroatoms. The molecule has 0 unspecified atom stereocenters. The average Bonchev–Trinajstić information content (AvgIpc) is 3.29. The third-order valence-corrected chi connectivity index (χ3v) is 6.42. The summed E-state index contributed by atoms with van der Waals surface area (Å²) < 4.78 is 30.0. The molecule has 0 saturated carbocycles. The van der Waals surface area contributed by atoms with Crippen molar-refractivity contribution in [3.8, 4) is 0 Å². The van der Waals surface area contributed by atoms with E-state index in [1.54, 1.807) is 38.7 Å². The molecule has 1 aliphatic rings. The Labute approximate surface area is 214 Å². The van der Waals surface area contributed by atoms with Crippen molar-refractivity contribution in [1.29, 1.82) is 0 Å². The van der Waals surface area contributed by atoms with Gasteiger partial charge in [-0.2, -0.15) is 0 Å². The summed E-state index contributed by atoms with van der Waals surface area (Å²) in [4.78, 5) is 42.6. The number of hydrogen-bond donors (Lipinski definition) is 2. The molecule has 2 heterocycles. The zero-order valence-electron chi connectivity index (χ0n) is 21.3. The first-order valence-corrected chi connectivity index (χ1v) is 12.1. The van der Waals surface area contributed by atoms with Gasteiger partial charge in [-0.3, -0.25) is 9.59 Å². The van der Waals surface area contributed by atoms with Crippen LogP contribution >= 0.6 is 11.6 Å². The van der Waals surface area contributed by atoms with E-state index in [1.165, 1.54) is 26.2 Å². The van der Waals surface area contributed by atoms with Crippen LogP contribution in [0.3, 0.4) is 0 Å². The van der Waals surface area contributed by atoms with Gasteiger partial charge in [-0.15, -0.1) is 0 Å². The van der Waals surface area contributed by atoms with Crippen LogP contribution in [0.15, 0.2) is 18.2 Å². The number of carbonyl (C=O) groups excluding carboxylic acids is 3. The molecule has 198 valence electrons. The summed E-state index contributed by atoms with van der Waals surface area (Å²) in [6, 6.07) is 2.67. The van der Waals surface area contributed by atoms with Crippen molar-refractivity contribution in [2.45, 2.75) is 77.4 Å². The van der Waals surface area contributed by atoms with Crippen LogP contribution in [0.4, 0.5) is 9.18 Å². The van der Waals surface area contributed by atoms with Gasteiger partial charge in [-0.05, 0) is 51.5 Å². The summed E-state index contributed by atoms with van der Waals surface area (Å²) in [5, 5.41) is 3.64. The summed E-state index contributed by atoms with van der Waals surface area (Å²) >= 11 is 6.46. The van der Waals surface area contributed by atoms with Gasteiger partial charge in [0, 0.05) is 44.3 Å². The monoisotopic (exact) mass is 525 g/mol. The molecule has 1 fully saturated rings. The van der Waals surface area contributed by atoms with E-state index in [2.05, 4.69) is 10.3 Å². The smallest absolute Gasteiger partial charge is 0.408 e. The van der Waals surface area contributed by atoms with E-state index in [4.69, 9.17) is 25.8 Å². The van der Waals surface area contributed by atoms with E-state index in [-0.39, 0.29) is 6.42 Å². The Hall–Kier alpha value is -2.85. The molecule has 9 nitrogen and oxygen atoms in total. The Morgan fingerprint density at radius 2 is 2.00 bits per heavy atom. The van der Waals surface area contributed by atoms with E-state index < -0.39 is 53.7 Å². The van der Waals surface area contributed by atoms with Gasteiger partial charge in [0.05, 0.1) is 12.1 Å². The predicted octanol–water partition coefficient (Wildman–Crippen LogP) is 3.96. The number of likely N-dealkylation sites (tertiary alicyclic amines) is 1. The maximum atomic E-state index is 13.8. The van der Waals surface area contributed by atoms with E-state index in [0.717, 1.165) is 0 Å². The Kier molecular flexibility index (Phi) is 8.51. The SMILES string of the molecule is CO[C@H](C)[C@H](NC(=O)OC(C)(C)C)C(=O)N1CC[C@H](OC(C)=O)[C@H]1Cc1c(Cl)[nH]c2cc(F)ccc12. The molecule has 4 atom stereocenters. The Bertz CT molecular complexity index is 1130.